The molecule has 0 aliphatic heterocycles. The van der Waals surface area contributed by atoms with Gasteiger partial charge in [-0.1, -0.05) is 23.7 Å². The molecule has 5 nitrogen and oxygen atoms in total. The van der Waals surface area contributed by atoms with Crippen molar-refractivity contribution in [2.75, 3.05) is 0 Å². The lowest BCUT2D eigenvalue weighted by molar-refractivity contribution is 0.161. The standard InChI is InChI=1S/C15H19ClN4OSi/c1-22(2,3)21-14(11-4-6-12(16)7-5-11)13(8-9-17)15-18-10-19-20-15/h4-7,10,13-14H,8H2,1-3H3,(H,18,19,20). The molecule has 0 aliphatic rings. The molecule has 0 saturated carbocycles. The molecule has 22 heavy (non-hydrogen) atoms. The fraction of sp³-hybridized carbons (Fsp3) is 0.400. The molecule has 0 aliphatic carbocycles. The number of nitriles is 1. The first-order valence-electron chi connectivity index (χ1n) is 7.06. The van der Waals surface area contributed by atoms with Crippen molar-refractivity contribution < 1.29 is 4.43 Å². The molecule has 0 spiro atoms. The third-order valence-corrected chi connectivity index (χ3v) is 4.33. The minimum Gasteiger partial charge on any atom is -0.410 e. The minimum absolute atomic E-state index is 0.218. The summed E-state index contributed by atoms with van der Waals surface area (Å²) in [5, 5.41) is 16.7. The Balaban J connectivity index is 2.41. The third-order valence-electron chi connectivity index (χ3n) is 3.12. The molecule has 116 valence electrons. The van der Waals surface area contributed by atoms with Gasteiger partial charge in [0.15, 0.2) is 14.1 Å². The van der Waals surface area contributed by atoms with Crippen molar-refractivity contribution in [1.29, 1.82) is 5.26 Å². The summed E-state index contributed by atoms with van der Waals surface area (Å²) in [6, 6.07) is 9.75. The van der Waals surface area contributed by atoms with E-state index in [-0.39, 0.29) is 18.4 Å². The maximum Gasteiger partial charge on any atom is 0.184 e. The van der Waals surface area contributed by atoms with Crippen LogP contribution >= 0.6 is 11.6 Å². The highest BCUT2D eigenvalue weighted by Crippen LogP contribution is 2.37. The Morgan fingerprint density at radius 2 is 2.00 bits per heavy atom. The molecule has 0 bridgehead atoms. The van der Waals surface area contributed by atoms with E-state index in [2.05, 4.69) is 40.9 Å². The average molecular weight is 335 g/mol. The van der Waals surface area contributed by atoms with E-state index >= 15 is 0 Å². The van der Waals surface area contributed by atoms with Crippen molar-refractivity contribution in [3.63, 3.8) is 0 Å². The van der Waals surface area contributed by atoms with Crippen LogP contribution in [-0.2, 0) is 4.43 Å². The van der Waals surface area contributed by atoms with E-state index in [1.54, 1.807) is 0 Å². The lowest BCUT2D eigenvalue weighted by Crippen LogP contribution is -2.31. The monoisotopic (exact) mass is 334 g/mol. The number of hydrogen-bond acceptors (Lipinski definition) is 4. The van der Waals surface area contributed by atoms with E-state index in [4.69, 9.17) is 16.0 Å². The van der Waals surface area contributed by atoms with E-state index in [0.29, 0.717) is 10.8 Å². The summed E-state index contributed by atoms with van der Waals surface area (Å²) < 4.78 is 6.35. The quantitative estimate of drug-likeness (QED) is 0.809. The molecule has 1 N–H and O–H groups in total. The Labute approximate surface area is 136 Å². The zero-order chi connectivity index (χ0) is 16.2. The van der Waals surface area contributed by atoms with Gasteiger partial charge in [0.1, 0.15) is 6.33 Å². The van der Waals surface area contributed by atoms with Crippen LogP contribution in [0.3, 0.4) is 0 Å². The normalized spacial score (nSPS) is 14.3. The van der Waals surface area contributed by atoms with Crippen LogP contribution in [0.1, 0.15) is 29.8 Å². The van der Waals surface area contributed by atoms with E-state index in [9.17, 15) is 5.26 Å². The van der Waals surface area contributed by atoms with Crippen molar-refractivity contribution in [3.8, 4) is 6.07 Å². The van der Waals surface area contributed by atoms with Crippen LogP contribution in [0.5, 0.6) is 0 Å². The van der Waals surface area contributed by atoms with Gasteiger partial charge in [-0.3, -0.25) is 5.10 Å². The summed E-state index contributed by atoms with van der Waals surface area (Å²) >= 11 is 5.98. The molecule has 2 atom stereocenters. The average Bonchev–Trinajstić information content (AvgIpc) is 2.96. The number of H-pyrrole nitrogens is 1. The van der Waals surface area contributed by atoms with Gasteiger partial charge in [0.2, 0.25) is 0 Å². The largest absolute Gasteiger partial charge is 0.410 e. The topological polar surface area (TPSA) is 74.6 Å². The highest BCUT2D eigenvalue weighted by molar-refractivity contribution is 6.69. The summed E-state index contributed by atoms with van der Waals surface area (Å²) in [6.45, 7) is 6.37. The molecule has 0 fully saturated rings. The number of aromatic amines is 1. The zero-order valence-corrected chi connectivity index (χ0v) is 14.6. The Hall–Kier alpha value is -1.68. The highest BCUT2D eigenvalue weighted by atomic mass is 35.5. The Morgan fingerprint density at radius 1 is 1.32 bits per heavy atom. The molecule has 2 aromatic rings. The number of hydrogen-bond donors (Lipinski definition) is 1. The van der Waals surface area contributed by atoms with E-state index in [1.807, 2.05) is 24.3 Å². The highest BCUT2D eigenvalue weighted by Gasteiger charge is 2.32. The molecule has 1 heterocycles. The van der Waals surface area contributed by atoms with Crippen molar-refractivity contribution in [2.45, 2.75) is 38.1 Å². The van der Waals surface area contributed by atoms with E-state index in [0.717, 1.165) is 5.56 Å². The van der Waals surface area contributed by atoms with Crippen LogP contribution in [0.4, 0.5) is 0 Å². The molecule has 0 amide bonds. The molecule has 2 rings (SSSR count). The fourth-order valence-corrected chi connectivity index (χ4v) is 3.43. The van der Waals surface area contributed by atoms with Gasteiger partial charge in [0.05, 0.1) is 18.1 Å². The second-order valence-electron chi connectivity index (χ2n) is 6.03. The fourth-order valence-electron chi connectivity index (χ4n) is 2.25. The van der Waals surface area contributed by atoms with Crippen LogP contribution in [0.25, 0.3) is 0 Å². The lowest BCUT2D eigenvalue weighted by atomic mass is 9.93. The van der Waals surface area contributed by atoms with E-state index < -0.39 is 8.32 Å². The van der Waals surface area contributed by atoms with Crippen LogP contribution in [0, 0.1) is 11.3 Å². The number of halogens is 1. The van der Waals surface area contributed by atoms with Crippen LogP contribution in [0.15, 0.2) is 30.6 Å². The first-order valence-corrected chi connectivity index (χ1v) is 10.9. The van der Waals surface area contributed by atoms with Gasteiger partial charge in [0, 0.05) is 11.4 Å². The Morgan fingerprint density at radius 3 is 2.50 bits per heavy atom. The second kappa shape index (κ2) is 7.05. The molecule has 0 radical (unpaired) electrons. The summed E-state index contributed by atoms with van der Waals surface area (Å²) in [5.41, 5.74) is 0.983. The van der Waals surface area contributed by atoms with Crippen molar-refractivity contribution >= 4 is 19.9 Å². The SMILES string of the molecule is C[Si](C)(C)OC(c1ccc(Cl)cc1)C(CC#N)c1nc[nH]n1. The maximum absolute atomic E-state index is 9.19. The number of nitrogens with one attached hydrogen (secondary N) is 1. The minimum atomic E-state index is -1.83. The van der Waals surface area contributed by atoms with E-state index in [1.165, 1.54) is 6.33 Å². The number of nitrogens with zero attached hydrogens (tertiary/aromatic N) is 3. The van der Waals surface area contributed by atoms with Gasteiger partial charge >= 0.3 is 0 Å². The molecular formula is C15H19ClN4OSi. The van der Waals surface area contributed by atoms with Gasteiger partial charge in [-0.2, -0.15) is 10.4 Å². The Kier molecular flexibility index (Phi) is 5.35. The number of benzene rings is 1. The summed E-state index contributed by atoms with van der Waals surface area (Å²) in [7, 11) is -1.83. The lowest BCUT2D eigenvalue weighted by Gasteiger charge is -2.31. The zero-order valence-electron chi connectivity index (χ0n) is 12.9. The molecule has 2 unspecified atom stereocenters. The molecule has 7 heteroatoms. The second-order valence-corrected chi connectivity index (χ2v) is 10.9. The van der Waals surface area contributed by atoms with Gasteiger partial charge in [0.25, 0.3) is 0 Å². The van der Waals surface area contributed by atoms with Crippen molar-refractivity contribution in [1.82, 2.24) is 15.2 Å². The van der Waals surface area contributed by atoms with Crippen LogP contribution < -0.4 is 0 Å². The molecular weight excluding hydrogens is 316 g/mol. The molecule has 1 aromatic carbocycles. The predicted octanol–water partition coefficient (Wildman–Crippen LogP) is 4.05. The third kappa shape index (κ3) is 4.40. The van der Waals surface area contributed by atoms with Crippen LogP contribution in [0.2, 0.25) is 24.7 Å². The number of rotatable bonds is 6. The first-order chi connectivity index (χ1) is 10.4. The van der Waals surface area contributed by atoms with Gasteiger partial charge in [-0.15, -0.1) is 0 Å². The predicted molar refractivity (Wildman–Crippen MR) is 88.0 cm³/mol. The number of aromatic nitrogens is 3. The first kappa shape index (κ1) is 16.7. The Bertz CT molecular complexity index is 631. The van der Waals surface area contributed by atoms with Crippen molar-refractivity contribution in [3.05, 3.63) is 47.0 Å². The summed E-state index contributed by atoms with van der Waals surface area (Å²) in [6.07, 6.45) is 1.54. The van der Waals surface area contributed by atoms with Crippen LogP contribution in [-0.4, -0.2) is 23.5 Å². The maximum atomic E-state index is 9.19. The summed E-state index contributed by atoms with van der Waals surface area (Å²) in [4.78, 5) is 4.22. The molecule has 1 aromatic heterocycles. The molecule has 0 saturated heterocycles. The van der Waals surface area contributed by atoms with Gasteiger partial charge < -0.3 is 4.43 Å². The van der Waals surface area contributed by atoms with Crippen molar-refractivity contribution in [2.24, 2.45) is 0 Å². The van der Waals surface area contributed by atoms with Gasteiger partial charge in [-0.05, 0) is 37.3 Å². The van der Waals surface area contributed by atoms with Gasteiger partial charge in [-0.25, -0.2) is 4.98 Å². The smallest absolute Gasteiger partial charge is 0.184 e. The summed E-state index contributed by atoms with van der Waals surface area (Å²) in [5.74, 6) is 0.379.